The van der Waals surface area contributed by atoms with Crippen LogP contribution in [0.2, 0.25) is 0 Å². The molecular weight excluding hydrogens is 206 g/mol. The van der Waals surface area contributed by atoms with Gasteiger partial charge in [0.1, 0.15) is 0 Å². The zero-order valence-electron chi connectivity index (χ0n) is 12.7. The highest BCUT2D eigenvalue weighted by Gasteiger charge is 2.31. The molecule has 1 rings (SSSR count). The molecule has 1 aliphatic rings. The fourth-order valence-corrected chi connectivity index (χ4v) is 2.97. The summed E-state index contributed by atoms with van der Waals surface area (Å²) < 4.78 is 0. The lowest BCUT2D eigenvalue weighted by Gasteiger charge is -2.27. The summed E-state index contributed by atoms with van der Waals surface area (Å²) in [5.74, 6) is 0. The molecule has 0 aromatic rings. The van der Waals surface area contributed by atoms with Crippen molar-refractivity contribution in [3.05, 3.63) is 0 Å². The van der Waals surface area contributed by atoms with Crippen molar-refractivity contribution in [3.63, 3.8) is 0 Å². The van der Waals surface area contributed by atoms with E-state index in [0.29, 0.717) is 10.8 Å². The first-order valence-electron chi connectivity index (χ1n) is 7.58. The Morgan fingerprint density at radius 1 is 1.24 bits per heavy atom. The Morgan fingerprint density at radius 2 is 1.94 bits per heavy atom. The molecule has 0 aromatic carbocycles. The standard InChI is InChI=1S/C16H33N/c1-6-7-8-10-16(4,5)13-17-14-9-11-15(2,3)12-14/h14,17H,6-13H2,1-5H3. The Morgan fingerprint density at radius 3 is 2.47 bits per heavy atom. The second-order valence-electron chi connectivity index (χ2n) is 7.61. The first-order chi connectivity index (χ1) is 7.85. The molecule has 1 saturated carbocycles. The summed E-state index contributed by atoms with van der Waals surface area (Å²) in [5, 5.41) is 3.80. The molecule has 1 heteroatoms. The van der Waals surface area contributed by atoms with E-state index in [-0.39, 0.29) is 0 Å². The average molecular weight is 239 g/mol. The van der Waals surface area contributed by atoms with Crippen LogP contribution in [0.15, 0.2) is 0 Å². The van der Waals surface area contributed by atoms with Gasteiger partial charge in [0.2, 0.25) is 0 Å². The normalized spacial score (nSPS) is 24.2. The van der Waals surface area contributed by atoms with Crippen LogP contribution < -0.4 is 5.32 Å². The highest BCUT2D eigenvalue weighted by atomic mass is 14.9. The van der Waals surface area contributed by atoms with E-state index < -0.39 is 0 Å². The van der Waals surface area contributed by atoms with Gasteiger partial charge in [0, 0.05) is 12.6 Å². The summed E-state index contributed by atoms with van der Waals surface area (Å²) in [5.41, 5.74) is 1.05. The molecule has 0 bridgehead atoms. The number of hydrogen-bond donors (Lipinski definition) is 1. The maximum atomic E-state index is 3.80. The van der Waals surface area contributed by atoms with E-state index >= 15 is 0 Å². The van der Waals surface area contributed by atoms with Crippen LogP contribution in [0.25, 0.3) is 0 Å². The Labute approximate surface area is 109 Å². The fraction of sp³-hybridized carbons (Fsp3) is 1.00. The van der Waals surface area contributed by atoms with Crippen molar-refractivity contribution < 1.29 is 0 Å². The molecule has 1 atom stereocenters. The SMILES string of the molecule is CCCCCC(C)(C)CNC1CCC(C)(C)C1. The first kappa shape index (κ1) is 15.0. The van der Waals surface area contributed by atoms with Crippen LogP contribution in [-0.2, 0) is 0 Å². The van der Waals surface area contributed by atoms with Crippen LogP contribution in [0, 0.1) is 10.8 Å². The number of unbranched alkanes of at least 4 members (excludes halogenated alkanes) is 2. The van der Waals surface area contributed by atoms with Gasteiger partial charge in [-0.05, 0) is 36.5 Å². The molecule has 0 spiro atoms. The number of rotatable bonds is 7. The smallest absolute Gasteiger partial charge is 0.00725 e. The van der Waals surface area contributed by atoms with Crippen molar-refractivity contribution in [1.29, 1.82) is 0 Å². The molecule has 1 nitrogen and oxygen atoms in total. The summed E-state index contributed by atoms with van der Waals surface area (Å²) in [6.45, 7) is 13.1. The van der Waals surface area contributed by atoms with Gasteiger partial charge in [-0.15, -0.1) is 0 Å². The third kappa shape index (κ3) is 5.90. The van der Waals surface area contributed by atoms with E-state index in [9.17, 15) is 0 Å². The van der Waals surface area contributed by atoms with E-state index in [1.54, 1.807) is 0 Å². The summed E-state index contributed by atoms with van der Waals surface area (Å²) in [7, 11) is 0. The van der Waals surface area contributed by atoms with Gasteiger partial charge in [0.15, 0.2) is 0 Å². The zero-order chi connectivity index (χ0) is 12.9. The molecule has 102 valence electrons. The lowest BCUT2D eigenvalue weighted by molar-refractivity contribution is 0.280. The average Bonchev–Trinajstić information content (AvgIpc) is 2.56. The predicted octanol–water partition coefficient (Wildman–Crippen LogP) is 4.76. The lowest BCUT2D eigenvalue weighted by atomic mass is 9.86. The van der Waals surface area contributed by atoms with Gasteiger partial charge >= 0.3 is 0 Å². The summed E-state index contributed by atoms with van der Waals surface area (Å²) in [4.78, 5) is 0. The first-order valence-corrected chi connectivity index (χ1v) is 7.58. The molecule has 0 aromatic heterocycles. The molecule has 0 amide bonds. The van der Waals surface area contributed by atoms with Crippen LogP contribution in [-0.4, -0.2) is 12.6 Å². The second kappa shape index (κ2) is 6.22. The van der Waals surface area contributed by atoms with Crippen molar-refractivity contribution in [2.24, 2.45) is 10.8 Å². The van der Waals surface area contributed by atoms with E-state index in [0.717, 1.165) is 6.04 Å². The van der Waals surface area contributed by atoms with Crippen LogP contribution in [0.3, 0.4) is 0 Å². The van der Waals surface area contributed by atoms with Crippen molar-refractivity contribution in [2.45, 2.75) is 85.6 Å². The van der Waals surface area contributed by atoms with Gasteiger partial charge < -0.3 is 5.32 Å². The molecule has 17 heavy (non-hydrogen) atoms. The topological polar surface area (TPSA) is 12.0 Å². The van der Waals surface area contributed by atoms with Gasteiger partial charge in [0.25, 0.3) is 0 Å². The number of nitrogens with one attached hydrogen (secondary N) is 1. The molecule has 1 fully saturated rings. The van der Waals surface area contributed by atoms with Crippen LogP contribution in [0.1, 0.15) is 79.6 Å². The Kier molecular flexibility index (Phi) is 5.50. The van der Waals surface area contributed by atoms with Gasteiger partial charge in [-0.3, -0.25) is 0 Å². The third-order valence-corrected chi connectivity index (χ3v) is 4.29. The molecule has 1 N–H and O–H groups in total. The molecule has 0 heterocycles. The van der Waals surface area contributed by atoms with E-state index in [1.807, 2.05) is 0 Å². The quantitative estimate of drug-likeness (QED) is 0.632. The maximum absolute atomic E-state index is 3.80. The summed E-state index contributed by atoms with van der Waals surface area (Å²) in [6, 6.07) is 0.774. The molecular formula is C16H33N. The largest absolute Gasteiger partial charge is 0.313 e. The fourth-order valence-electron chi connectivity index (χ4n) is 2.97. The molecule has 1 aliphatic carbocycles. The highest BCUT2D eigenvalue weighted by Crippen LogP contribution is 2.37. The van der Waals surface area contributed by atoms with E-state index in [4.69, 9.17) is 0 Å². The monoisotopic (exact) mass is 239 g/mol. The minimum Gasteiger partial charge on any atom is -0.313 e. The second-order valence-corrected chi connectivity index (χ2v) is 7.61. The van der Waals surface area contributed by atoms with E-state index in [2.05, 4.69) is 39.9 Å². The maximum Gasteiger partial charge on any atom is 0.00725 e. The lowest BCUT2D eigenvalue weighted by Crippen LogP contribution is -2.36. The highest BCUT2D eigenvalue weighted by molar-refractivity contribution is 4.87. The van der Waals surface area contributed by atoms with Crippen molar-refractivity contribution in [2.75, 3.05) is 6.54 Å². The molecule has 0 saturated heterocycles. The van der Waals surface area contributed by atoms with Crippen molar-refractivity contribution in [3.8, 4) is 0 Å². The Hall–Kier alpha value is -0.0400. The number of hydrogen-bond acceptors (Lipinski definition) is 1. The summed E-state index contributed by atoms with van der Waals surface area (Å²) >= 11 is 0. The predicted molar refractivity (Wildman–Crippen MR) is 77.3 cm³/mol. The van der Waals surface area contributed by atoms with Gasteiger partial charge in [-0.2, -0.15) is 0 Å². The van der Waals surface area contributed by atoms with Crippen molar-refractivity contribution >= 4 is 0 Å². The summed E-state index contributed by atoms with van der Waals surface area (Å²) in [6.07, 6.45) is 9.60. The van der Waals surface area contributed by atoms with Crippen LogP contribution >= 0.6 is 0 Å². The Bertz CT molecular complexity index is 218. The van der Waals surface area contributed by atoms with Gasteiger partial charge in [-0.25, -0.2) is 0 Å². The van der Waals surface area contributed by atoms with Crippen LogP contribution in [0.5, 0.6) is 0 Å². The Balaban J connectivity index is 2.20. The molecule has 0 aliphatic heterocycles. The van der Waals surface area contributed by atoms with Gasteiger partial charge in [0.05, 0.1) is 0 Å². The third-order valence-electron chi connectivity index (χ3n) is 4.29. The molecule has 1 unspecified atom stereocenters. The van der Waals surface area contributed by atoms with Gasteiger partial charge in [-0.1, -0.05) is 53.9 Å². The van der Waals surface area contributed by atoms with E-state index in [1.165, 1.54) is 51.5 Å². The zero-order valence-corrected chi connectivity index (χ0v) is 12.7. The molecule has 0 radical (unpaired) electrons. The van der Waals surface area contributed by atoms with Crippen molar-refractivity contribution in [1.82, 2.24) is 5.32 Å². The van der Waals surface area contributed by atoms with Crippen LogP contribution in [0.4, 0.5) is 0 Å². The minimum absolute atomic E-state index is 0.474. The minimum atomic E-state index is 0.474.